The number of rotatable bonds is 4. The van der Waals surface area contributed by atoms with Gasteiger partial charge in [-0.1, -0.05) is 0 Å². The zero-order valence-electron chi connectivity index (χ0n) is 16.9. The van der Waals surface area contributed by atoms with Crippen LogP contribution >= 0.6 is 0 Å². The molecule has 0 radical (unpaired) electrons. The normalized spacial score (nSPS) is 14.4. The molecule has 0 amide bonds. The van der Waals surface area contributed by atoms with Gasteiger partial charge in [0.2, 0.25) is 0 Å². The molecule has 8 nitrogen and oxygen atoms in total. The second kappa shape index (κ2) is 7.46. The molecule has 146 valence electrons. The number of nitrogens with zero attached hydrogens (tertiary/aromatic N) is 8. The molecule has 8 heteroatoms. The predicted molar refractivity (Wildman–Crippen MR) is 115 cm³/mol. The lowest BCUT2D eigenvalue weighted by Gasteiger charge is -2.37. The lowest BCUT2D eigenvalue weighted by molar-refractivity contribution is 0.647. The Morgan fingerprint density at radius 1 is 0.750 bits per heavy atom. The molecular formula is C20H26N8. The Labute approximate surface area is 165 Å². The Balaban J connectivity index is 1.52. The molecule has 1 aromatic carbocycles. The third-order valence-corrected chi connectivity index (χ3v) is 5.09. The maximum Gasteiger partial charge on any atom is 0.139 e. The molecule has 1 saturated heterocycles. The van der Waals surface area contributed by atoms with E-state index in [4.69, 9.17) is 0 Å². The van der Waals surface area contributed by atoms with Crippen LogP contribution in [0.15, 0.2) is 36.9 Å². The van der Waals surface area contributed by atoms with Gasteiger partial charge in [0.1, 0.15) is 30.1 Å². The average molecular weight is 378 g/mol. The Morgan fingerprint density at radius 3 is 2.18 bits per heavy atom. The Morgan fingerprint density at radius 2 is 1.46 bits per heavy atom. The zero-order chi connectivity index (χ0) is 19.7. The van der Waals surface area contributed by atoms with Gasteiger partial charge in [-0.25, -0.2) is 19.9 Å². The number of aromatic nitrogens is 4. The summed E-state index contributed by atoms with van der Waals surface area (Å²) in [5.74, 6) is 2.86. The van der Waals surface area contributed by atoms with Gasteiger partial charge in [-0.3, -0.25) is 0 Å². The summed E-state index contributed by atoms with van der Waals surface area (Å²) in [6.45, 7) is 3.73. The first-order valence-corrected chi connectivity index (χ1v) is 9.44. The highest BCUT2D eigenvalue weighted by Crippen LogP contribution is 2.28. The minimum Gasteiger partial charge on any atom is -0.368 e. The number of piperazine rings is 1. The summed E-state index contributed by atoms with van der Waals surface area (Å²) in [6, 6.07) is 8.49. The van der Waals surface area contributed by atoms with Gasteiger partial charge in [0.25, 0.3) is 0 Å². The minimum absolute atomic E-state index is 0.924. The Kier molecular flexibility index (Phi) is 4.85. The Hall–Kier alpha value is -3.16. The highest BCUT2D eigenvalue weighted by molar-refractivity contribution is 5.91. The molecule has 0 saturated carbocycles. The van der Waals surface area contributed by atoms with Gasteiger partial charge in [0, 0.05) is 71.5 Å². The smallest absolute Gasteiger partial charge is 0.139 e. The molecule has 3 aromatic rings. The van der Waals surface area contributed by atoms with E-state index in [1.54, 1.807) is 12.7 Å². The number of fused-ring (bicyclic) bond motifs is 1. The molecule has 3 heterocycles. The van der Waals surface area contributed by atoms with Crippen LogP contribution in [0.2, 0.25) is 0 Å². The van der Waals surface area contributed by atoms with E-state index in [1.165, 1.54) is 5.69 Å². The van der Waals surface area contributed by atoms with Crippen LogP contribution in [0.25, 0.3) is 10.9 Å². The van der Waals surface area contributed by atoms with Gasteiger partial charge in [-0.15, -0.1) is 0 Å². The number of hydrogen-bond donors (Lipinski definition) is 0. The maximum atomic E-state index is 4.46. The highest BCUT2D eigenvalue weighted by Gasteiger charge is 2.20. The van der Waals surface area contributed by atoms with Crippen LogP contribution in [-0.4, -0.2) is 74.3 Å². The second-order valence-electron chi connectivity index (χ2n) is 7.40. The van der Waals surface area contributed by atoms with E-state index in [-0.39, 0.29) is 0 Å². The van der Waals surface area contributed by atoms with Gasteiger partial charge >= 0.3 is 0 Å². The molecule has 0 N–H and O–H groups in total. The zero-order valence-corrected chi connectivity index (χ0v) is 16.9. The monoisotopic (exact) mass is 378 g/mol. The van der Waals surface area contributed by atoms with Crippen molar-refractivity contribution in [3.05, 3.63) is 36.9 Å². The molecule has 2 aromatic heterocycles. The first kappa shape index (κ1) is 18.2. The van der Waals surface area contributed by atoms with Crippen molar-refractivity contribution in [2.75, 3.05) is 74.0 Å². The van der Waals surface area contributed by atoms with Crippen LogP contribution in [-0.2, 0) is 0 Å². The van der Waals surface area contributed by atoms with Gasteiger partial charge in [-0.2, -0.15) is 0 Å². The first-order chi connectivity index (χ1) is 13.5. The third-order valence-electron chi connectivity index (χ3n) is 5.09. The van der Waals surface area contributed by atoms with Crippen molar-refractivity contribution in [2.24, 2.45) is 0 Å². The van der Waals surface area contributed by atoms with Gasteiger partial charge in [0.15, 0.2) is 0 Å². The maximum absolute atomic E-state index is 4.46. The fourth-order valence-corrected chi connectivity index (χ4v) is 3.53. The van der Waals surface area contributed by atoms with Crippen LogP contribution < -0.4 is 19.6 Å². The molecule has 1 fully saturated rings. The molecular weight excluding hydrogens is 352 g/mol. The molecule has 1 aliphatic heterocycles. The van der Waals surface area contributed by atoms with E-state index in [0.29, 0.717) is 0 Å². The largest absolute Gasteiger partial charge is 0.368 e. The van der Waals surface area contributed by atoms with Crippen LogP contribution in [0.4, 0.5) is 23.1 Å². The second-order valence-corrected chi connectivity index (χ2v) is 7.40. The molecule has 0 unspecified atom stereocenters. The predicted octanol–water partition coefficient (Wildman–Crippen LogP) is 1.88. The van der Waals surface area contributed by atoms with Gasteiger partial charge in [-0.05, 0) is 18.2 Å². The number of benzene rings is 1. The quantitative estimate of drug-likeness (QED) is 0.682. The van der Waals surface area contributed by atoms with E-state index < -0.39 is 0 Å². The average Bonchev–Trinajstić information content (AvgIpc) is 2.73. The standard InChI is InChI=1S/C20H26N8/c1-25(2)18-12-19(23-14-22-18)28-9-7-27(8-10-28)15-5-6-17-16(11-15)20(26(3)4)24-13-21-17/h5-6,11-14H,7-10H2,1-4H3. The lowest BCUT2D eigenvalue weighted by atomic mass is 10.1. The summed E-state index contributed by atoms with van der Waals surface area (Å²) in [4.78, 5) is 26.4. The van der Waals surface area contributed by atoms with Gasteiger partial charge < -0.3 is 19.6 Å². The Bertz CT molecular complexity index is 963. The third kappa shape index (κ3) is 3.49. The lowest BCUT2D eigenvalue weighted by Crippen LogP contribution is -2.46. The van der Waals surface area contributed by atoms with Crippen molar-refractivity contribution in [2.45, 2.75) is 0 Å². The van der Waals surface area contributed by atoms with Crippen LogP contribution in [0, 0.1) is 0 Å². The van der Waals surface area contributed by atoms with E-state index in [9.17, 15) is 0 Å². The summed E-state index contributed by atoms with van der Waals surface area (Å²) in [5.41, 5.74) is 2.18. The summed E-state index contributed by atoms with van der Waals surface area (Å²) in [6.07, 6.45) is 3.27. The summed E-state index contributed by atoms with van der Waals surface area (Å²) in [7, 11) is 8.01. The van der Waals surface area contributed by atoms with Crippen LogP contribution in [0.5, 0.6) is 0 Å². The fraction of sp³-hybridized carbons (Fsp3) is 0.400. The van der Waals surface area contributed by atoms with E-state index in [0.717, 1.165) is 54.5 Å². The summed E-state index contributed by atoms with van der Waals surface area (Å²) < 4.78 is 0. The fourth-order valence-electron chi connectivity index (χ4n) is 3.53. The minimum atomic E-state index is 0.924. The van der Waals surface area contributed by atoms with Gasteiger partial charge in [0.05, 0.1) is 5.52 Å². The van der Waals surface area contributed by atoms with E-state index >= 15 is 0 Å². The van der Waals surface area contributed by atoms with Crippen molar-refractivity contribution in [1.82, 2.24) is 19.9 Å². The van der Waals surface area contributed by atoms with Crippen LogP contribution in [0.3, 0.4) is 0 Å². The first-order valence-electron chi connectivity index (χ1n) is 9.44. The SMILES string of the molecule is CN(C)c1cc(N2CCN(c3ccc4ncnc(N(C)C)c4c3)CC2)ncn1. The van der Waals surface area contributed by atoms with E-state index in [2.05, 4.69) is 47.9 Å². The summed E-state index contributed by atoms with van der Waals surface area (Å²) in [5, 5.41) is 1.08. The molecule has 0 spiro atoms. The van der Waals surface area contributed by atoms with Crippen LogP contribution in [0.1, 0.15) is 0 Å². The topological polar surface area (TPSA) is 64.5 Å². The molecule has 4 rings (SSSR count). The van der Waals surface area contributed by atoms with E-state index in [1.807, 2.05) is 44.1 Å². The van der Waals surface area contributed by atoms with Crippen molar-refractivity contribution in [1.29, 1.82) is 0 Å². The molecule has 1 aliphatic rings. The molecule has 28 heavy (non-hydrogen) atoms. The number of anilines is 4. The van der Waals surface area contributed by atoms with Crippen molar-refractivity contribution < 1.29 is 0 Å². The molecule has 0 aliphatic carbocycles. The highest BCUT2D eigenvalue weighted by atomic mass is 15.3. The number of hydrogen-bond acceptors (Lipinski definition) is 8. The molecule has 0 bridgehead atoms. The van der Waals surface area contributed by atoms with Crippen molar-refractivity contribution in [3.63, 3.8) is 0 Å². The summed E-state index contributed by atoms with van der Waals surface area (Å²) >= 11 is 0. The van der Waals surface area contributed by atoms with Crippen molar-refractivity contribution in [3.8, 4) is 0 Å². The van der Waals surface area contributed by atoms with Crippen molar-refractivity contribution >= 4 is 34.0 Å². The molecule has 0 atom stereocenters.